The summed E-state index contributed by atoms with van der Waals surface area (Å²) in [5.74, 6) is -0.451. The molecule has 0 aromatic heterocycles. The molecule has 2 unspecified atom stereocenters. The Kier molecular flexibility index (Phi) is 5.79. The lowest BCUT2D eigenvalue weighted by Gasteiger charge is -2.36. The number of amides is 1. The summed E-state index contributed by atoms with van der Waals surface area (Å²) in [5.41, 5.74) is 5.25. The second-order valence-corrected chi connectivity index (χ2v) is 5.51. The van der Waals surface area contributed by atoms with Crippen LogP contribution in [0, 0.1) is 5.92 Å². The Bertz CT molecular complexity index is 329. The number of nitrogens with two attached hydrogens (primary N) is 1. The third-order valence-corrected chi connectivity index (χ3v) is 3.59. The van der Waals surface area contributed by atoms with Crippen LogP contribution in [0.5, 0.6) is 0 Å². The van der Waals surface area contributed by atoms with Gasteiger partial charge in [0.1, 0.15) is 0 Å². The number of hydrogen-bond acceptors (Lipinski definition) is 4. The molecule has 0 aromatic carbocycles. The first-order valence-electron chi connectivity index (χ1n) is 7.17. The summed E-state index contributed by atoms with van der Waals surface area (Å²) in [6.07, 6.45) is 3.15. The van der Waals surface area contributed by atoms with E-state index in [1.165, 1.54) is 0 Å². The number of carbonyl (C=O) groups is 2. The predicted octanol–water partition coefficient (Wildman–Crippen LogP) is 1.31. The van der Waals surface area contributed by atoms with E-state index in [1.807, 2.05) is 6.92 Å². The maximum absolute atomic E-state index is 12.4. The maximum Gasteiger partial charge on any atom is 0.310 e. The SMILES string of the molecule is CCCC(C)(N)C(=O)N1CCCC(C(=O)OCC)C1. The van der Waals surface area contributed by atoms with E-state index >= 15 is 0 Å². The number of ether oxygens (including phenoxy) is 1. The fourth-order valence-corrected chi connectivity index (χ4v) is 2.60. The first kappa shape index (κ1) is 16.0. The quantitative estimate of drug-likeness (QED) is 0.764. The highest BCUT2D eigenvalue weighted by Crippen LogP contribution is 2.21. The largest absolute Gasteiger partial charge is 0.466 e. The Morgan fingerprint density at radius 2 is 2.11 bits per heavy atom. The van der Waals surface area contributed by atoms with Gasteiger partial charge in [0.2, 0.25) is 5.91 Å². The van der Waals surface area contributed by atoms with Gasteiger partial charge in [0.25, 0.3) is 0 Å². The van der Waals surface area contributed by atoms with Crippen molar-refractivity contribution in [1.82, 2.24) is 4.90 Å². The summed E-state index contributed by atoms with van der Waals surface area (Å²) in [6, 6.07) is 0. The molecule has 5 heteroatoms. The van der Waals surface area contributed by atoms with Crippen LogP contribution in [0.25, 0.3) is 0 Å². The van der Waals surface area contributed by atoms with Crippen LogP contribution in [-0.2, 0) is 14.3 Å². The van der Waals surface area contributed by atoms with Crippen molar-refractivity contribution in [2.24, 2.45) is 11.7 Å². The summed E-state index contributed by atoms with van der Waals surface area (Å²) in [5, 5.41) is 0. The van der Waals surface area contributed by atoms with Gasteiger partial charge in [-0.3, -0.25) is 9.59 Å². The molecule has 5 nitrogen and oxygen atoms in total. The van der Waals surface area contributed by atoms with Crippen LogP contribution in [-0.4, -0.2) is 42.0 Å². The molecule has 1 rings (SSSR count). The predicted molar refractivity (Wildman–Crippen MR) is 73.4 cm³/mol. The molecule has 1 aliphatic rings. The smallest absolute Gasteiger partial charge is 0.310 e. The van der Waals surface area contributed by atoms with Crippen LogP contribution in [0.3, 0.4) is 0 Å². The molecule has 1 saturated heterocycles. The van der Waals surface area contributed by atoms with E-state index in [-0.39, 0.29) is 17.8 Å². The lowest BCUT2D eigenvalue weighted by atomic mass is 9.92. The number of rotatable bonds is 5. The molecular weight excluding hydrogens is 244 g/mol. The van der Waals surface area contributed by atoms with Crippen LogP contribution in [0.1, 0.15) is 46.5 Å². The van der Waals surface area contributed by atoms with E-state index < -0.39 is 5.54 Å². The molecule has 2 atom stereocenters. The van der Waals surface area contributed by atoms with Gasteiger partial charge in [-0.05, 0) is 33.1 Å². The highest BCUT2D eigenvalue weighted by Gasteiger charge is 2.36. The summed E-state index contributed by atoms with van der Waals surface area (Å²) >= 11 is 0. The molecule has 19 heavy (non-hydrogen) atoms. The summed E-state index contributed by atoms with van der Waals surface area (Å²) < 4.78 is 5.03. The average Bonchev–Trinajstić information content (AvgIpc) is 2.38. The molecule has 0 spiro atoms. The summed E-state index contributed by atoms with van der Waals surface area (Å²) in [7, 11) is 0. The number of likely N-dealkylation sites (tertiary alicyclic amines) is 1. The third-order valence-electron chi connectivity index (χ3n) is 3.59. The molecule has 0 radical (unpaired) electrons. The van der Waals surface area contributed by atoms with E-state index in [4.69, 9.17) is 10.5 Å². The summed E-state index contributed by atoms with van der Waals surface area (Å²) in [6.45, 7) is 7.08. The zero-order valence-electron chi connectivity index (χ0n) is 12.3. The van der Waals surface area contributed by atoms with Crippen molar-refractivity contribution >= 4 is 11.9 Å². The molecule has 110 valence electrons. The van der Waals surface area contributed by atoms with Crippen LogP contribution in [0.4, 0.5) is 0 Å². The first-order chi connectivity index (χ1) is 8.92. The molecule has 0 saturated carbocycles. The van der Waals surface area contributed by atoms with E-state index in [2.05, 4.69) is 0 Å². The minimum Gasteiger partial charge on any atom is -0.466 e. The Morgan fingerprint density at radius 1 is 1.42 bits per heavy atom. The zero-order chi connectivity index (χ0) is 14.5. The van der Waals surface area contributed by atoms with Gasteiger partial charge < -0.3 is 15.4 Å². The van der Waals surface area contributed by atoms with Crippen molar-refractivity contribution in [1.29, 1.82) is 0 Å². The molecule has 0 aliphatic carbocycles. The number of carbonyl (C=O) groups excluding carboxylic acids is 2. The minimum absolute atomic E-state index is 0.0525. The third kappa shape index (κ3) is 4.20. The van der Waals surface area contributed by atoms with Gasteiger partial charge in [-0.15, -0.1) is 0 Å². The summed E-state index contributed by atoms with van der Waals surface area (Å²) in [4.78, 5) is 25.9. The van der Waals surface area contributed by atoms with Crippen molar-refractivity contribution in [2.75, 3.05) is 19.7 Å². The molecule has 0 aromatic rings. The Labute approximate surface area is 115 Å². The molecule has 1 amide bonds. The molecule has 1 fully saturated rings. The highest BCUT2D eigenvalue weighted by molar-refractivity contribution is 5.86. The second kappa shape index (κ2) is 6.89. The van der Waals surface area contributed by atoms with Gasteiger partial charge in [-0.1, -0.05) is 13.3 Å². The van der Waals surface area contributed by atoms with Gasteiger partial charge in [-0.25, -0.2) is 0 Å². The van der Waals surface area contributed by atoms with E-state index in [1.54, 1.807) is 18.7 Å². The van der Waals surface area contributed by atoms with Crippen molar-refractivity contribution < 1.29 is 14.3 Å². The Hall–Kier alpha value is -1.10. The molecular formula is C14H26N2O3. The number of nitrogens with zero attached hydrogens (tertiary/aromatic N) is 1. The minimum atomic E-state index is -0.828. The van der Waals surface area contributed by atoms with Crippen molar-refractivity contribution in [2.45, 2.75) is 52.0 Å². The van der Waals surface area contributed by atoms with Crippen LogP contribution in [0.2, 0.25) is 0 Å². The molecule has 2 N–H and O–H groups in total. The van der Waals surface area contributed by atoms with E-state index in [0.717, 1.165) is 19.3 Å². The average molecular weight is 270 g/mol. The van der Waals surface area contributed by atoms with Crippen molar-refractivity contribution in [3.8, 4) is 0 Å². The first-order valence-corrected chi connectivity index (χ1v) is 7.17. The number of hydrogen-bond donors (Lipinski definition) is 1. The maximum atomic E-state index is 12.4. The van der Waals surface area contributed by atoms with Gasteiger partial charge in [0, 0.05) is 13.1 Å². The van der Waals surface area contributed by atoms with Crippen molar-refractivity contribution in [3.63, 3.8) is 0 Å². The topological polar surface area (TPSA) is 72.6 Å². The molecule has 1 heterocycles. The Balaban J connectivity index is 2.64. The van der Waals surface area contributed by atoms with Crippen LogP contribution >= 0.6 is 0 Å². The lowest BCUT2D eigenvalue weighted by molar-refractivity contribution is -0.152. The van der Waals surface area contributed by atoms with Gasteiger partial charge >= 0.3 is 5.97 Å². The standard InChI is InChI=1S/C14H26N2O3/c1-4-8-14(3,15)13(18)16-9-6-7-11(10-16)12(17)19-5-2/h11H,4-10,15H2,1-3H3. The second-order valence-electron chi connectivity index (χ2n) is 5.51. The van der Waals surface area contributed by atoms with Gasteiger partial charge in [-0.2, -0.15) is 0 Å². The molecule has 0 bridgehead atoms. The zero-order valence-corrected chi connectivity index (χ0v) is 12.3. The van der Waals surface area contributed by atoms with E-state index in [9.17, 15) is 9.59 Å². The van der Waals surface area contributed by atoms with Gasteiger partial charge in [0.15, 0.2) is 0 Å². The highest BCUT2D eigenvalue weighted by atomic mass is 16.5. The van der Waals surface area contributed by atoms with Crippen LogP contribution in [0.15, 0.2) is 0 Å². The lowest BCUT2D eigenvalue weighted by Crippen LogP contribution is -2.56. The van der Waals surface area contributed by atoms with E-state index in [0.29, 0.717) is 26.1 Å². The number of esters is 1. The van der Waals surface area contributed by atoms with Crippen LogP contribution < -0.4 is 5.73 Å². The number of piperidine rings is 1. The van der Waals surface area contributed by atoms with Crippen molar-refractivity contribution in [3.05, 3.63) is 0 Å². The molecule has 1 aliphatic heterocycles. The fourth-order valence-electron chi connectivity index (χ4n) is 2.60. The Morgan fingerprint density at radius 3 is 2.68 bits per heavy atom. The fraction of sp³-hybridized carbons (Fsp3) is 0.857. The van der Waals surface area contributed by atoms with Gasteiger partial charge in [0.05, 0.1) is 18.1 Å². The monoisotopic (exact) mass is 270 g/mol. The normalized spacial score (nSPS) is 22.7.